The van der Waals surface area contributed by atoms with E-state index in [1.165, 1.54) is 5.57 Å². The fraction of sp³-hybridized carbons (Fsp3) is 0.286. The Hall–Kier alpha value is -3.33. The molecule has 0 bridgehead atoms. The van der Waals surface area contributed by atoms with Gasteiger partial charge in [0, 0.05) is 17.8 Å². The average Bonchev–Trinajstić information content (AvgIpc) is 3.03. The molecular weight excluding hydrogens is 338 g/mol. The Morgan fingerprint density at radius 2 is 2.15 bits per heavy atom. The summed E-state index contributed by atoms with van der Waals surface area (Å²) < 4.78 is 5.48. The molecule has 1 aromatic carbocycles. The van der Waals surface area contributed by atoms with Crippen LogP contribution in [0, 0.1) is 18.3 Å². The van der Waals surface area contributed by atoms with Crippen molar-refractivity contribution in [2.24, 2.45) is 4.99 Å². The van der Waals surface area contributed by atoms with E-state index < -0.39 is 0 Å². The van der Waals surface area contributed by atoms with Gasteiger partial charge in [0.05, 0.1) is 25.3 Å². The highest BCUT2D eigenvalue weighted by Gasteiger charge is 2.12. The van der Waals surface area contributed by atoms with Crippen LogP contribution in [-0.2, 0) is 0 Å². The number of aliphatic imine (C=N–C) groups is 1. The number of nitrogens with zero attached hydrogens (tertiary/aromatic N) is 3. The smallest absolute Gasteiger partial charge is 0.153 e. The third-order valence-electron chi connectivity index (χ3n) is 4.42. The predicted molar refractivity (Wildman–Crippen MR) is 108 cm³/mol. The lowest BCUT2D eigenvalue weighted by Gasteiger charge is -2.07. The number of amidine groups is 1. The minimum Gasteiger partial charge on any atom is -0.496 e. The van der Waals surface area contributed by atoms with Crippen LogP contribution in [-0.4, -0.2) is 23.1 Å². The number of ether oxygens (including phenoxy) is 1. The molecule has 0 amide bonds. The van der Waals surface area contributed by atoms with Crippen LogP contribution in [0.4, 0.5) is 5.82 Å². The first-order chi connectivity index (χ1) is 13.1. The van der Waals surface area contributed by atoms with Crippen LogP contribution in [0.25, 0.3) is 11.3 Å². The molecule has 0 saturated carbocycles. The fourth-order valence-electron chi connectivity index (χ4n) is 2.96. The Morgan fingerprint density at radius 3 is 2.89 bits per heavy atom. The second-order valence-electron chi connectivity index (χ2n) is 6.47. The molecule has 6 heteroatoms. The van der Waals surface area contributed by atoms with Gasteiger partial charge in [-0.15, -0.1) is 0 Å². The monoisotopic (exact) mass is 361 g/mol. The number of hydrogen-bond acceptors (Lipinski definition) is 5. The predicted octanol–water partition coefficient (Wildman–Crippen LogP) is 4.74. The van der Waals surface area contributed by atoms with Gasteiger partial charge < -0.3 is 10.1 Å². The van der Waals surface area contributed by atoms with Gasteiger partial charge in [0.2, 0.25) is 0 Å². The molecule has 3 rings (SSSR count). The van der Waals surface area contributed by atoms with Gasteiger partial charge in [0.1, 0.15) is 11.6 Å². The van der Waals surface area contributed by atoms with E-state index in [1.54, 1.807) is 13.3 Å². The average molecular weight is 361 g/mol. The molecule has 0 atom stereocenters. The summed E-state index contributed by atoms with van der Waals surface area (Å²) in [5.41, 5.74) is 5.21. The number of nitriles is 1. The zero-order chi connectivity index (χ0) is 19.2. The minimum atomic E-state index is 0.397. The number of H-pyrrole nitrogens is 1. The maximum atomic E-state index is 8.94. The molecule has 2 N–H and O–H groups in total. The molecule has 2 aromatic rings. The van der Waals surface area contributed by atoms with E-state index in [0.717, 1.165) is 41.0 Å². The van der Waals surface area contributed by atoms with Crippen molar-refractivity contribution in [1.82, 2.24) is 10.2 Å². The van der Waals surface area contributed by atoms with Gasteiger partial charge in [-0.3, -0.25) is 5.10 Å². The SMILES string of the molecule is CCC1=CC(Nc2cc(-c3ccc(C)cc3OC)[nH]n2)=NC=C(CC#N)C1. The minimum absolute atomic E-state index is 0.397. The topological polar surface area (TPSA) is 86.1 Å². The fourth-order valence-corrected chi connectivity index (χ4v) is 2.96. The summed E-state index contributed by atoms with van der Waals surface area (Å²) in [4.78, 5) is 4.48. The lowest BCUT2D eigenvalue weighted by molar-refractivity contribution is 0.416. The first kappa shape index (κ1) is 18.5. The van der Waals surface area contributed by atoms with Gasteiger partial charge in [-0.1, -0.05) is 18.6 Å². The number of allylic oxidation sites excluding steroid dienone is 2. The number of aromatic amines is 1. The standard InChI is InChI=1S/C21H23N5O/c1-4-15-10-16(7-8-22)13-23-20(11-15)24-21-12-18(25-26-21)17-6-5-14(2)9-19(17)27-3/h5-6,9,11-13H,4,7,10H2,1-3H3,(H2,23,24,25,26). The van der Waals surface area contributed by atoms with E-state index in [4.69, 9.17) is 10.00 Å². The third kappa shape index (κ3) is 4.45. The van der Waals surface area contributed by atoms with Gasteiger partial charge in [-0.2, -0.15) is 10.4 Å². The van der Waals surface area contributed by atoms with Gasteiger partial charge in [-0.25, -0.2) is 4.99 Å². The van der Waals surface area contributed by atoms with Crippen molar-refractivity contribution in [3.63, 3.8) is 0 Å². The molecule has 0 spiro atoms. The summed E-state index contributed by atoms with van der Waals surface area (Å²) in [5, 5.41) is 19.6. The van der Waals surface area contributed by atoms with Crippen LogP contribution in [0.3, 0.4) is 0 Å². The van der Waals surface area contributed by atoms with Crippen molar-refractivity contribution in [2.45, 2.75) is 33.1 Å². The maximum Gasteiger partial charge on any atom is 0.153 e. The molecule has 2 heterocycles. The number of anilines is 1. The summed E-state index contributed by atoms with van der Waals surface area (Å²) in [6, 6.07) is 10.2. The van der Waals surface area contributed by atoms with Crippen LogP contribution < -0.4 is 10.1 Å². The molecular formula is C21H23N5O. The first-order valence-corrected chi connectivity index (χ1v) is 8.92. The zero-order valence-corrected chi connectivity index (χ0v) is 15.8. The molecule has 0 radical (unpaired) electrons. The highest BCUT2D eigenvalue weighted by molar-refractivity contribution is 6.04. The van der Waals surface area contributed by atoms with Crippen LogP contribution in [0.15, 0.2) is 52.7 Å². The number of benzene rings is 1. The Morgan fingerprint density at radius 1 is 1.30 bits per heavy atom. The van der Waals surface area contributed by atoms with Gasteiger partial charge in [-0.05, 0) is 49.1 Å². The van der Waals surface area contributed by atoms with Gasteiger partial charge >= 0.3 is 0 Å². The van der Waals surface area contributed by atoms with E-state index >= 15 is 0 Å². The quantitative estimate of drug-likeness (QED) is 0.805. The highest BCUT2D eigenvalue weighted by atomic mass is 16.5. The molecule has 1 aliphatic heterocycles. The summed E-state index contributed by atoms with van der Waals surface area (Å²) in [7, 11) is 1.66. The molecule has 0 saturated heterocycles. The summed E-state index contributed by atoms with van der Waals surface area (Å²) in [6.45, 7) is 4.14. The highest BCUT2D eigenvalue weighted by Crippen LogP contribution is 2.30. The summed E-state index contributed by atoms with van der Waals surface area (Å²) in [6.07, 6.45) is 5.90. The van der Waals surface area contributed by atoms with E-state index in [2.05, 4.69) is 33.5 Å². The Bertz CT molecular complexity index is 959. The zero-order valence-electron chi connectivity index (χ0n) is 15.8. The molecule has 0 fully saturated rings. The van der Waals surface area contributed by atoms with Crippen LogP contribution >= 0.6 is 0 Å². The van der Waals surface area contributed by atoms with Gasteiger partial charge in [0.15, 0.2) is 5.82 Å². The summed E-state index contributed by atoms with van der Waals surface area (Å²) in [5.74, 6) is 2.19. The van der Waals surface area contributed by atoms with Crippen molar-refractivity contribution in [3.05, 3.63) is 53.3 Å². The molecule has 0 unspecified atom stereocenters. The number of hydrogen-bond donors (Lipinski definition) is 2. The lowest BCUT2D eigenvalue weighted by atomic mass is 10.0. The van der Waals surface area contributed by atoms with E-state index in [-0.39, 0.29) is 0 Å². The Labute approximate surface area is 159 Å². The lowest BCUT2D eigenvalue weighted by Crippen LogP contribution is -2.09. The number of nitrogens with one attached hydrogen (secondary N) is 2. The van der Waals surface area contributed by atoms with Crippen molar-refractivity contribution in [2.75, 3.05) is 12.4 Å². The van der Waals surface area contributed by atoms with Crippen molar-refractivity contribution in [3.8, 4) is 23.1 Å². The molecule has 6 nitrogen and oxygen atoms in total. The number of aryl methyl sites for hydroxylation is 1. The van der Waals surface area contributed by atoms with E-state index in [1.807, 2.05) is 37.3 Å². The number of aromatic nitrogens is 2. The Balaban J connectivity index is 1.84. The molecule has 1 aromatic heterocycles. The number of rotatable bonds is 5. The largest absolute Gasteiger partial charge is 0.496 e. The second kappa shape index (κ2) is 8.37. The van der Waals surface area contributed by atoms with Crippen molar-refractivity contribution in [1.29, 1.82) is 5.26 Å². The van der Waals surface area contributed by atoms with E-state index in [9.17, 15) is 0 Å². The van der Waals surface area contributed by atoms with Crippen LogP contribution in [0.2, 0.25) is 0 Å². The van der Waals surface area contributed by atoms with Crippen molar-refractivity contribution < 1.29 is 4.74 Å². The molecule has 138 valence electrons. The van der Waals surface area contributed by atoms with Crippen molar-refractivity contribution >= 4 is 11.7 Å². The van der Waals surface area contributed by atoms with Gasteiger partial charge in [0.25, 0.3) is 0 Å². The molecule has 27 heavy (non-hydrogen) atoms. The first-order valence-electron chi connectivity index (χ1n) is 8.92. The second-order valence-corrected chi connectivity index (χ2v) is 6.47. The summed E-state index contributed by atoms with van der Waals surface area (Å²) >= 11 is 0. The molecule has 1 aliphatic rings. The normalized spacial score (nSPS) is 13.8. The maximum absolute atomic E-state index is 8.94. The third-order valence-corrected chi connectivity index (χ3v) is 4.42. The molecule has 0 aliphatic carbocycles. The number of methoxy groups -OCH3 is 1. The van der Waals surface area contributed by atoms with Crippen LogP contribution in [0.1, 0.15) is 31.7 Å². The van der Waals surface area contributed by atoms with E-state index in [0.29, 0.717) is 18.1 Å². The Kier molecular flexibility index (Phi) is 5.72. The van der Waals surface area contributed by atoms with Crippen LogP contribution in [0.5, 0.6) is 5.75 Å².